The number of phosphoric acid groups is 1. The van der Waals surface area contributed by atoms with Crippen LogP contribution >= 0.6 is 7.82 Å². The number of rotatable bonds is 10. The Morgan fingerprint density at radius 2 is 1.47 bits per heavy atom. The first-order valence-corrected chi connectivity index (χ1v) is 8.24. The van der Waals surface area contributed by atoms with Gasteiger partial charge in [-0.15, -0.1) is 0 Å². The molecule has 0 spiro atoms. The SMILES string of the molecule is O=P([O-])([O-])OCCCCCCCCc1ccccc1. The van der Waals surface area contributed by atoms with Crippen LogP contribution in [0.4, 0.5) is 0 Å². The Morgan fingerprint density at radius 1 is 0.895 bits per heavy atom. The van der Waals surface area contributed by atoms with Crippen molar-refractivity contribution in [1.82, 2.24) is 0 Å². The first-order valence-electron chi connectivity index (χ1n) is 6.78. The molecule has 0 aliphatic carbocycles. The van der Waals surface area contributed by atoms with Crippen LogP contribution in [0.5, 0.6) is 0 Å². The van der Waals surface area contributed by atoms with E-state index in [1.54, 1.807) is 0 Å². The molecule has 0 fully saturated rings. The zero-order valence-electron chi connectivity index (χ0n) is 11.1. The number of unbranched alkanes of at least 4 members (excludes halogenated alkanes) is 5. The van der Waals surface area contributed by atoms with E-state index in [0.717, 1.165) is 25.7 Å². The second-order valence-electron chi connectivity index (χ2n) is 4.64. The van der Waals surface area contributed by atoms with E-state index in [9.17, 15) is 14.4 Å². The van der Waals surface area contributed by atoms with Gasteiger partial charge in [0.15, 0.2) is 0 Å². The van der Waals surface area contributed by atoms with Gasteiger partial charge in [0.05, 0.1) is 14.4 Å². The Morgan fingerprint density at radius 3 is 2.11 bits per heavy atom. The Bertz CT molecular complexity index is 374. The molecule has 1 rings (SSSR count). The van der Waals surface area contributed by atoms with Gasteiger partial charge >= 0.3 is 0 Å². The minimum absolute atomic E-state index is 0.0221. The van der Waals surface area contributed by atoms with Crippen molar-refractivity contribution in [3.05, 3.63) is 35.9 Å². The van der Waals surface area contributed by atoms with Crippen LogP contribution in [-0.4, -0.2) is 6.61 Å². The lowest BCUT2D eigenvalue weighted by atomic mass is 10.1. The summed E-state index contributed by atoms with van der Waals surface area (Å²) in [6, 6.07) is 10.4. The average molecular weight is 284 g/mol. The van der Waals surface area contributed by atoms with Crippen molar-refractivity contribution >= 4 is 7.82 Å². The van der Waals surface area contributed by atoms with Gasteiger partial charge in [-0.25, -0.2) is 0 Å². The number of phosphoric ester groups is 1. The van der Waals surface area contributed by atoms with Crippen molar-refractivity contribution in [1.29, 1.82) is 0 Å². The second-order valence-corrected chi connectivity index (χ2v) is 5.79. The molecule has 0 aromatic heterocycles. The molecule has 0 amide bonds. The summed E-state index contributed by atoms with van der Waals surface area (Å²) >= 11 is 0. The average Bonchev–Trinajstić information content (AvgIpc) is 2.37. The van der Waals surface area contributed by atoms with Crippen molar-refractivity contribution in [2.75, 3.05) is 6.61 Å². The van der Waals surface area contributed by atoms with Gasteiger partial charge in [0.25, 0.3) is 0 Å². The predicted octanol–water partition coefficient (Wildman–Crippen LogP) is 2.42. The van der Waals surface area contributed by atoms with Crippen LogP contribution in [0.2, 0.25) is 0 Å². The highest BCUT2D eigenvalue weighted by Crippen LogP contribution is 2.24. The summed E-state index contributed by atoms with van der Waals surface area (Å²) in [5.74, 6) is 0. The molecule has 0 saturated heterocycles. The van der Waals surface area contributed by atoms with E-state index in [4.69, 9.17) is 0 Å². The van der Waals surface area contributed by atoms with Crippen LogP contribution in [0.15, 0.2) is 30.3 Å². The lowest BCUT2D eigenvalue weighted by Gasteiger charge is -2.28. The van der Waals surface area contributed by atoms with Crippen LogP contribution in [-0.2, 0) is 15.5 Å². The maximum Gasteiger partial charge on any atom is 0.0596 e. The van der Waals surface area contributed by atoms with Crippen LogP contribution < -0.4 is 9.79 Å². The molecule has 0 heterocycles. The normalized spacial score (nSPS) is 11.7. The molecule has 0 saturated carbocycles. The molecule has 108 valence electrons. The van der Waals surface area contributed by atoms with Crippen molar-refractivity contribution in [3.63, 3.8) is 0 Å². The predicted molar refractivity (Wildman–Crippen MR) is 71.4 cm³/mol. The summed E-state index contributed by atoms with van der Waals surface area (Å²) in [6.07, 6.45) is 7.20. The monoisotopic (exact) mass is 284 g/mol. The number of benzene rings is 1. The molecule has 0 aliphatic rings. The molecule has 0 atom stereocenters. The molecule has 1 aromatic rings. The highest BCUT2D eigenvalue weighted by Gasteiger charge is 1.95. The minimum atomic E-state index is -4.77. The molecule has 19 heavy (non-hydrogen) atoms. The van der Waals surface area contributed by atoms with Gasteiger partial charge in [0.2, 0.25) is 0 Å². The van der Waals surface area contributed by atoms with Crippen LogP contribution in [0, 0.1) is 0 Å². The highest BCUT2D eigenvalue weighted by atomic mass is 31.2. The first-order chi connectivity index (χ1) is 9.08. The van der Waals surface area contributed by atoms with Crippen molar-refractivity contribution in [2.45, 2.75) is 44.9 Å². The number of hydrogen-bond acceptors (Lipinski definition) is 4. The zero-order chi connectivity index (χ0) is 14.0. The van der Waals surface area contributed by atoms with E-state index in [1.165, 1.54) is 18.4 Å². The fourth-order valence-electron chi connectivity index (χ4n) is 1.96. The molecule has 0 unspecified atom stereocenters. The van der Waals surface area contributed by atoms with Crippen LogP contribution in [0.3, 0.4) is 0 Å². The summed E-state index contributed by atoms with van der Waals surface area (Å²) < 4.78 is 14.3. The molecule has 0 N–H and O–H groups in total. The standard InChI is InChI=1S/C14H23O4P/c15-19(16,17)18-13-9-4-2-1-3-6-10-14-11-7-5-8-12-14/h5,7-8,11-12H,1-4,6,9-10,13H2,(H2,15,16,17)/p-2. The van der Waals surface area contributed by atoms with E-state index >= 15 is 0 Å². The lowest BCUT2D eigenvalue weighted by molar-refractivity contribution is -0.341. The van der Waals surface area contributed by atoms with E-state index in [2.05, 4.69) is 28.8 Å². The van der Waals surface area contributed by atoms with Crippen LogP contribution in [0.1, 0.15) is 44.1 Å². The molecular formula is C14H21O4P-2. The summed E-state index contributed by atoms with van der Waals surface area (Å²) in [6.45, 7) is 0.0221. The molecule has 0 aliphatic heterocycles. The van der Waals surface area contributed by atoms with E-state index in [0.29, 0.717) is 6.42 Å². The van der Waals surface area contributed by atoms with Crippen molar-refractivity contribution < 1.29 is 18.9 Å². The van der Waals surface area contributed by atoms with Gasteiger partial charge < -0.3 is 18.9 Å². The van der Waals surface area contributed by atoms with Gasteiger partial charge in [-0.2, -0.15) is 0 Å². The smallest absolute Gasteiger partial charge is 0.0596 e. The molecule has 5 heteroatoms. The quantitative estimate of drug-likeness (QED) is 0.488. The van der Waals surface area contributed by atoms with Gasteiger partial charge in [0, 0.05) is 0 Å². The molecule has 4 nitrogen and oxygen atoms in total. The highest BCUT2D eigenvalue weighted by molar-refractivity contribution is 7.43. The van der Waals surface area contributed by atoms with Gasteiger partial charge in [0.1, 0.15) is 0 Å². The Labute approximate surface area is 115 Å². The fraction of sp³-hybridized carbons (Fsp3) is 0.571. The molecule has 1 aromatic carbocycles. The summed E-state index contributed by atoms with van der Waals surface area (Å²) in [4.78, 5) is 20.4. The summed E-state index contributed by atoms with van der Waals surface area (Å²) in [5.41, 5.74) is 1.37. The van der Waals surface area contributed by atoms with E-state index < -0.39 is 7.82 Å². The van der Waals surface area contributed by atoms with Crippen molar-refractivity contribution in [2.24, 2.45) is 0 Å². The van der Waals surface area contributed by atoms with Gasteiger partial charge in [-0.1, -0.05) is 56.0 Å². The Hall–Kier alpha value is -0.670. The molecular weight excluding hydrogens is 263 g/mol. The zero-order valence-corrected chi connectivity index (χ0v) is 12.0. The summed E-state index contributed by atoms with van der Waals surface area (Å²) in [7, 11) is -4.77. The van der Waals surface area contributed by atoms with Crippen molar-refractivity contribution in [3.8, 4) is 0 Å². The van der Waals surface area contributed by atoms with Gasteiger partial charge in [-0.3, -0.25) is 0 Å². The third-order valence-corrected chi connectivity index (χ3v) is 3.45. The second kappa shape index (κ2) is 9.27. The maximum absolute atomic E-state index is 10.2. The first kappa shape index (κ1) is 16.4. The third-order valence-electron chi connectivity index (χ3n) is 2.95. The van der Waals surface area contributed by atoms with E-state index in [1.807, 2.05) is 6.07 Å². The largest absolute Gasteiger partial charge is 0.790 e. The number of aryl methyl sites for hydroxylation is 1. The maximum atomic E-state index is 10.2. The molecule has 0 radical (unpaired) electrons. The lowest BCUT2D eigenvalue weighted by Crippen LogP contribution is -2.16. The van der Waals surface area contributed by atoms with Crippen LogP contribution in [0.25, 0.3) is 0 Å². The summed E-state index contributed by atoms with van der Waals surface area (Å²) in [5, 5.41) is 0. The minimum Gasteiger partial charge on any atom is -0.790 e. The fourth-order valence-corrected chi connectivity index (χ4v) is 2.31. The third kappa shape index (κ3) is 9.85. The van der Waals surface area contributed by atoms with Gasteiger partial charge in [-0.05, 0) is 24.8 Å². The Balaban J connectivity index is 1.88. The Kier molecular flexibility index (Phi) is 7.99. The van der Waals surface area contributed by atoms with E-state index in [-0.39, 0.29) is 6.61 Å². The molecule has 0 bridgehead atoms. The number of hydrogen-bond donors (Lipinski definition) is 0. The topological polar surface area (TPSA) is 72.4 Å².